The van der Waals surface area contributed by atoms with E-state index >= 15 is 0 Å². The second-order valence-corrected chi connectivity index (χ2v) is 4.81. The SMILES string of the molecule is Brc1ccc(SCc2cn[nH]c2)cc1. The van der Waals surface area contributed by atoms with Gasteiger partial charge in [0.15, 0.2) is 0 Å². The fourth-order valence-corrected chi connectivity index (χ4v) is 2.14. The monoisotopic (exact) mass is 268 g/mol. The van der Waals surface area contributed by atoms with E-state index in [2.05, 4.69) is 50.4 Å². The van der Waals surface area contributed by atoms with E-state index < -0.39 is 0 Å². The van der Waals surface area contributed by atoms with E-state index in [0.29, 0.717) is 0 Å². The molecule has 0 aliphatic rings. The van der Waals surface area contributed by atoms with Crippen LogP contribution in [0.1, 0.15) is 5.56 Å². The van der Waals surface area contributed by atoms with Gasteiger partial charge < -0.3 is 0 Å². The van der Waals surface area contributed by atoms with Crippen molar-refractivity contribution < 1.29 is 0 Å². The van der Waals surface area contributed by atoms with Crippen molar-refractivity contribution in [2.45, 2.75) is 10.6 Å². The van der Waals surface area contributed by atoms with Crippen molar-refractivity contribution in [3.8, 4) is 0 Å². The highest BCUT2D eigenvalue weighted by atomic mass is 79.9. The molecule has 4 heteroatoms. The summed E-state index contributed by atoms with van der Waals surface area (Å²) in [6, 6.07) is 8.32. The fraction of sp³-hybridized carbons (Fsp3) is 0.100. The zero-order chi connectivity index (χ0) is 9.80. The van der Waals surface area contributed by atoms with Crippen LogP contribution in [0.2, 0.25) is 0 Å². The molecule has 0 amide bonds. The van der Waals surface area contributed by atoms with Crippen LogP contribution in [0.15, 0.2) is 46.0 Å². The first-order valence-corrected chi connectivity index (χ1v) is 5.98. The van der Waals surface area contributed by atoms with Gasteiger partial charge in [-0.1, -0.05) is 15.9 Å². The molecule has 0 spiro atoms. The van der Waals surface area contributed by atoms with E-state index in [0.717, 1.165) is 10.2 Å². The van der Waals surface area contributed by atoms with Gasteiger partial charge in [-0.25, -0.2) is 0 Å². The van der Waals surface area contributed by atoms with E-state index in [1.165, 1.54) is 10.5 Å². The molecule has 1 aromatic carbocycles. The van der Waals surface area contributed by atoms with Gasteiger partial charge in [0.05, 0.1) is 6.20 Å². The van der Waals surface area contributed by atoms with Crippen molar-refractivity contribution in [1.82, 2.24) is 10.2 Å². The molecule has 2 aromatic rings. The molecule has 0 fully saturated rings. The van der Waals surface area contributed by atoms with Crippen molar-refractivity contribution in [3.63, 3.8) is 0 Å². The van der Waals surface area contributed by atoms with Gasteiger partial charge in [0.25, 0.3) is 0 Å². The third-order valence-electron chi connectivity index (χ3n) is 1.77. The van der Waals surface area contributed by atoms with E-state index in [-0.39, 0.29) is 0 Å². The summed E-state index contributed by atoms with van der Waals surface area (Å²) in [5.41, 5.74) is 1.22. The molecule has 1 heterocycles. The summed E-state index contributed by atoms with van der Waals surface area (Å²) in [4.78, 5) is 1.27. The third-order valence-corrected chi connectivity index (χ3v) is 3.39. The largest absolute Gasteiger partial charge is 0.285 e. The first kappa shape index (κ1) is 9.80. The lowest BCUT2D eigenvalue weighted by atomic mass is 10.4. The quantitative estimate of drug-likeness (QED) is 0.864. The smallest absolute Gasteiger partial charge is 0.0527 e. The minimum atomic E-state index is 0.956. The van der Waals surface area contributed by atoms with Gasteiger partial charge in [-0.3, -0.25) is 5.10 Å². The Balaban J connectivity index is 1.95. The van der Waals surface area contributed by atoms with Crippen molar-refractivity contribution in [1.29, 1.82) is 0 Å². The van der Waals surface area contributed by atoms with Gasteiger partial charge in [-0.15, -0.1) is 11.8 Å². The summed E-state index contributed by atoms with van der Waals surface area (Å²) >= 11 is 5.22. The van der Waals surface area contributed by atoms with Crippen LogP contribution >= 0.6 is 27.7 Å². The number of nitrogens with one attached hydrogen (secondary N) is 1. The number of halogens is 1. The second-order valence-electron chi connectivity index (χ2n) is 2.85. The molecular formula is C10H9BrN2S. The topological polar surface area (TPSA) is 28.7 Å². The number of benzene rings is 1. The number of hydrogen-bond donors (Lipinski definition) is 1. The standard InChI is InChI=1S/C10H9BrN2S/c11-9-1-3-10(4-2-9)14-7-8-5-12-13-6-8/h1-6H,7H2,(H,12,13). The van der Waals surface area contributed by atoms with Crippen LogP contribution in [-0.2, 0) is 5.75 Å². The number of hydrogen-bond acceptors (Lipinski definition) is 2. The van der Waals surface area contributed by atoms with Gasteiger partial charge in [0.1, 0.15) is 0 Å². The summed E-state index contributed by atoms with van der Waals surface area (Å²) < 4.78 is 1.12. The first-order chi connectivity index (χ1) is 6.84. The molecule has 0 unspecified atom stereocenters. The molecule has 1 N–H and O–H groups in total. The molecule has 14 heavy (non-hydrogen) atoms. The zero-order valence-electron chi connectivity index (χ0n) is 7.40. The Kier molecular flexibility index (Phi) is 3.26. The molecule has 2 nitrogen and oxygen atoms in total. The summed E-state index contributed by atoms with van der Waals surface area (Å²) in [6.45, 7) is 0. The number of nitrogens with zero attached hydrogens (tertiary/aromatic N) is 1. The highest BCUT2D eigenvalue weighted by Gasteiger charge is 1.96. The van der Waals surface area contributed by atoms with E-state index in [4.69, 9.17) is 0 Å². The van der Waals surface area contributed by atoms with E-state index in [9.17, 15) is 0 Å². The zero-order valence-corrected chi connectivity index (χ0v) is 9.81. The maximum Gasteiger partial charge on any atom is 0.0527 e. The normalized spacial score (nSPS) is 10.4. The lowest BCUT2D eigenvalue weighted by molar-refractivity contribution is 1.09. The maximum atomic E-state index is 3.90. The average molecular weight is 269 g/mol. The van der Waals surface area contributed by atoms with Crippen LogP contribution in [-0.4, -0.2) is 10.2 Å². The molecule has 0 saturated heterocycles. The Morgan fingerprint density at radius 3 is 2.71 bits per heavy atom. The van der Waals surface area contributed by atoms with Crippen molar-refractivity contribution in [3.05, 3.63) is 46.7 Å². The highest BCUT2D eigenvalue weighted by molar-refractivity contribution is 9.10. The van der Waals surface area contributed by atoms with Crippen LogP contribution in [0.3, 0.4) is 0 Å². The van der Waals surface area contributed by atoms with Crippen LogP contribution in [0, 0.1) is 0 Å². The predicted octanol–water partition coefficient (Wildman–Crippen LogP) is 3.46. The Bertz CT molecular complexity index is 383. The van der Waals surface area contributed by atoms with Crippen LogP contribution in [0.4, 0.5) is 0 Å². The predicted molar refractivity (Wildman–Crippen MR) is 62.3 cm³/mol. The number of rotatable bonds is 3. The lowest BCUT2D eigenvalue weighted by Gasteiger charge is -1.99. The number of aromatic amines is 1. The molecule has 2 rings (SSSR count). The van der Waals surface area contributed by atoms with Gasteiger partial charge in [-0.2, -0.15) is 5.10 Å². The molecule has 0 radical (unpaired) electrons. The Morgan fingerprint density at radius 2 is 2.07 bits per heavy atom. The minimum Gasteiger partial charge on any atom is -0.285 e. The molecule has 0 atom stereocenters. The number of aromatic nitrogens is 2. The number of thioether (sulfide) groups is 1. The van der Waals surface area contributed by atoms with Crippen LogP contribution in [0.5, 0.6) is 0 Å². The van der Waals surface area contributed by atoms with Crippen molar-refractivity contribution >= 4 is 27.7 Å². The minimum absolute atomic E-state index is 0.956. The van der Waals surface area contributed by atoms with Crippen molar-refractivity contribution in [2.24, 2.45) is 0 Å². The second kappa shape index (κ2) is 4.66. The first-order valence-electron chi connectivity index (χ1n) is 4.20. The molecule has 0 aliphatic carbocycles. The molecule has 0 bridgehead atoms. The molecule has 72 valence electrons. The summed E-state index contributed by atoms with van der Waals surface area (Å²) in [5.74, 6) is 0.956. The lowest BCUT2D eigenvalue weighted by Crippen LogP contribution is -1.75. The van der Waals surface area contributed by atoms with E-state index in [1.54, 1.807) is 11.8 Å². The third kappa shape index (κ3) is 2.62. The maximum absolute atomic E-state index is 3.90. The number of H-pyrrole nitrogens is 1. The highest BCUT2D eigenvalue weighted by Crippen LogP contribution is 2.23. The fourth-order valence-electron chi connectivity index (χ4n) is 1.05. The summed E-state index contributed by atoms with van der Waals surface area (Å²) in [6.07, 6.45) is 3.78. The Hall–Kier alpha value is -0.740. The van der Waals surface area contributed by atoms with E-state index in [1.807, 2.05) is 12.4 Å². The average Bonchev–Trinajstić information content (AvgIpc) is 2.70. The molecule has 1 aromatic heterocycles. The van der Waals surface area contributed by atoms with Gasteiger partial charge in [0, 0.05) is 26.9 Å². The Morgan fingerprint density at radius 1 is 1.29 bits per heavy atom. The van der Waals surface area contributed by atoms with Crippen LogP contribution < -0.4 is 0 Å². The van der Waals surface area contributed by atoms with Gasteiger partial charge in [-0.05, 0) is 24.3 Å². The summed E-state index contributed by atoms with van der Waals surface area (Å²) in [7, 11) is 0. The molecule has 0 aliphatic heterocycles. The Labute approximate surface area is 95.2 Å². The van der Waals surface area contributed by atoms with Gasteiger partial charge in [0.2, 0.25) is 0 Å². The van der Waals surface area contributed by atoms with Crippen molar-refractivity contribution in [2.75, 3.05) is 0 Å². The van der Waals surface area contributed by atoms with Gasteiger partial charge >= 0.3 is 0 Å². The molecule has 0 saturated carbocycles. The van der Waals surface area contributed by atoms with Crippen LogP contribution in [0.25, 0.3) is 0 Å². The molecular weight excluding hydrogens is 260 g/mol. The summed E-state index contributed by atoms with van der Waals surface area (Å²) in [5, 5.41) is 6.71.